The number of likely N-dealkylation sites (tertiary alicyclic amines) is 1. The van der Waals surface area contributed by atoms with E-state index < -0.39 is 51.3 Å². The van der Waals surface area contributed by atoms with Crippen LogP contribution in [0.15, 0.2) is 41.3 Å². The normalized spacial score (nSPS) is 19.6. The van der Waals surface area contributed by atoms with Crippen LogP contribution in [-0.2, 0) is 27.8 Å². The van der Waals surface area contributed by atoms with Crippen LogP contribution in [0.3, 0.4) is 0 Å². The minimum atomic E-state index is -5.09. The Balaban J connectivity index is 1.44. The lowest BCUT2D eigenvalue weighted by Gasteiger charge is -2.30. The van der Waals surface area contributed by atoms with Crippen molar-refractivity contribution in [1.82, 2.24) is 14.9 Å². The van der Waals surface area contributed by atoms with Gasteiger partial charge in [-0.1, -0.05) is 36.2 Å². The molecule has 0 saturated carbocycles. The third-order valence-electron chi connectivity index (χ3n) is 6.98. The molecule has 2 aromatic rings. The van der Waals surface area contributed by atoms with Crippen molar-refractivity contribution < 1.29 is 30.8 Å². The maximum atomic E-state index is 14.0. The zero-order valence-corrected chi connectivity index (χ0v) is 22.2. The molecule has 0 unspecified atom stereocenters. The van der Waals surface area contributed by atoms with E-state index in [0.29, 0.717) is 12.5 Å². The third-order valence-corrected chi connectivity index (χ3v) is 8.70. The SMILES string of the molecule is O=C(C[C@@H](NS(=O)(=O)c1cc(Cl)ccc1F)C(F)(F)F)N[C@@H]1CCCc2cc(CN3CCCCC3)ccc21. The van der Waals surface area contributed by atoms with Crippen LogP contribution in [0.5, 0.6) is 0 Å². The van der Waals surface area contributed by atoms with Gasteiger partial charge >= 0.3 is 6.18 Å². The second-order valence-corrected chi connectivity index (χ2v) is 12.0. The van der Waals surface area contributed by atoms with Gasteiger partial charge in [0.1, 0.15) is 16.8 Å². The number of alkyl halides is 3. The fourth-order valence-corrected chi connectivity index (χ4v) is 6.65. The zero-order chi connectivity index (χ0) is 27.5. The van der Waals surface area contributed by atoms with E-state index in [1.807, 2.05) is 12.1 Å². The summed E-state index contributed by atoms with van der Waals surface area (Å²) in [6.45, 7) is 2.96. The number of nitrogens with one attached hydrogen (secondary N) is 2. The third kappa shape index (κ3) is 7.25. The Bertz CT molecular complexity index is 1270. The number of hydrogen-bond acceptors (Lipinski definition) is 4. The summed E-state index contributed by atoms with van der Waals surface area (Å²) in [6, 6.07) is 5.31. The molecule has 1 amide bonds. The van der Waals surface area contributed by atoms with E-state index in [9.17, 15) is 30.8 Å². The van der Waals surface area contributed by atoms with Crippen LogP contribution in [0.25, 0.3) is 0 Å². The summed E-state index contributed by atoms with van der Waals surface area (Å²) in [5, 5.41) is 2.48. The summed E-state index contributed by atoms with van der Waals surface area (Å²) in [5.74, 6) is -2.22. The second kappa shape index (κ2) is 11.9. The molecule has 0 aromatic heterocycles. The molecule has 6 nitrogen and oxygen atoms in total. The highest BCUT2D eigenvalue weighted by Gasteiger charge is 2.44. The van der Waals surface area contributed by atoms with Gasteiger partial charge in [-0.15, -0.1) is 0 Å². The van der Waals surface area contributed by atoms with Crippen LogP contribution >= 0.6 is 11.6 Å². The molecule has 38 heavy (non-hydrogen) atoms. The van der Waals surface area contributed by atoms with Crippen molar-refractivity contribution in [2.24, 2.45) is 0 Å². The summed E-state index contributed by atoms with van der Waals surface area (Å²) in [5.41, 5.74) is 3.08. The Morgan fingerprint density at radius 1 is 1.08 bits per heavy atom. The van der Waals surface area contributed by atoms with Crippen LogP contribution in [0.2, 0.25) is 5.02 Å². The lowest BCUT2D eigenvalue weighted by atomic mass is 9.86. The van der Waals surface area contributed by atoms with E-state index in [1.165, 1.54) is 24.0 Å². The van der Waals surface area contributed by atoms with Crippen LogP contribution in [0, 0.1) is 5.82 Å². The van der Waals surface area contributed by atoms with E-state index in [4.69, 9.17) is 11.6 Å². The van der Waals surface area contributed by atoms with Gasteiger partial charge < -0.3 is 5.32 Å². The van der Waals surface area contributed by atoms with Gasteiger partial charge in [0, 0.05) is 11.6 Å². The molecular formula is C26H30ClF4N3O3S. The van der Waals surface area contributed by atoms with Crippen molar-refractivity contribution in [3.63, 3.8) is 0 Å². The van der Waals surface area contributed by atoms with Crippen molar-refractivity contribution in [2.75, 3.05) is 13.1 Å². The average molecular weight is 576 g/mol. The van der Waals surface area contributed by atoms with Crippen LogP contribution in [-0.4, -0.2) is 44.5 Å². The number of sulfonamides is 1. The molecule has 2 N–H and O–H groups in total. The van der Waals surface area contributed by atoms with Crippen LogP contribution in [0.1, 0.15) is 61.3 Å². The molecule has 208 valence electrons. The molecule has 1 aliphatic carbocycles. The summed E-state index contributed by atoms with van der Waals surface area (Å²) in [6.07, 6.45) is -0.543. The number of fused-ring (bicyclic) bond motifs is 1. The van der Waals surface area contributed by atoms with Gasteiger partial charge in [0.2, 0.25) is 15.9 Å². The average Bonchev–Trinajstić information content (AvgIpc) is 2.85. The van der Waals surface area contributed by atoms with Crippen molar-refractivity contribution >= 4 is 27.5 Å². The number of amides is 1. The maximum absolute atomic E-state index is 14.0. The standard InChI is InChI=1S/C26H30ClF4N3O3S/c27-19-8-10-21(28)23(14-19)38(36,37)33-24(26(29,30)31)15-25(35)32-22-6-4-5-18-13-17(7-9-20(18)22)16-34-11-2-1-3-12-34/h7-10,13-14,22,24,33H,1-6,11-12,15-16H2,(H,32,35)/t22-,24-/m1/s1. The fourth-order valence-electron chi connectivity index (χ4n) is 5.09. The monoisotopic (exact) mass is 575 g/mol. The largest absolute Gasteiger partial charge is 0.405 e. The Labute approximate surface area is 224 Å². The molecule has 4 rings (SSSR count). The number of carbonyl (C=O) groups is 1. The first kappa shape index (κ1) is 28.8. The Morgan fingerprint density at radius 3 is 2.53 bits per heavy atom. The number of carbonyl (C=O) groups excluding carboxylic acids is 1. The minimum absolute atomic E-state index is 0.164. The molecule has 0 bridgehead atoms. The van der Waals surface area contributed by atoms with E-state index in [2.05, 4.69) is 16.3 Å². The van der Waals surface area contributed by atoms with Crippen LogP contribution < -0.4 is 10.0 Å². The first-order valence-electron chi connectivity index (χ1n) is 12.6. The summed E-state index contributed by atoms with van der Waals surface area (Å²) in [4.78, 5) is 14.1. The van der Waals surface area contributed by atoms with Gasteiger partial charge in [0.15, 0.2) is 0 Å². The predicted octanol–water partition coefficient (Wildman–Crippen LogP) is 5.26. The number of benzene rings is 2. The van der Waals surface area contributed by atoms with Gasteiger partial charge in [-0.25, -0.2) is 12.8 Å². The maximum Gasteiger partial charge on any atom is 0.405 e. The Kier molecular flexibility index (Phi) is 9.01. The predicted molar refractivity (Wildman–Crippen MR) is 136 cm³/mol. The number of aryl methyl sites for hydroxylation is 1. The molecule has 1 saturated heterocycles. The number of hydrogen-bond donors (Lipinski definition) is 2. The van der Waals surface area contributed by atoms with Gasteiger partial charge in [-0.05, 0) is 80.1 Å². The van der Waals surface area contributed by atoms with Gasteiger partial charge in [0.05, 0.1) is 12.5 Å². The van der Waals surface area contributed by atoms with Crippen LogP contribution in [0.4, 0.5) is 17.6 Å². The van der Waals surface area contributed by atoms with E-state index in [0.717, 1.165) is 61.3 Å². The Hall–Kier alpha value is -2.21. The fraction of sp³-hybridized carbons (Fsp3) is 0.500. The lowest BCUT2D eigenvalue weighted by molar-refractivity contribution is -0.158. The van der Waals surface area contributed by atoms with Crippen molar-refractivity contribution in [3.8, 4) is 0 Å². The quantitative estimate of drug-likeness (QED) is 0.421. The second-order valence-electron chi connectivity index (χ2n) is 9.88. The number of rotatable bonds is 8. The molecule has 1 aliphatic heterocycles. The number of halogens is 5. The molecule has 0 radical (unpaired) electrons. The smallest absolute Gasteiger partial charge is 0.349 e. The number of piperidine rings is 1. The molecule has 1 fully saturated rings. The molecule has 2 aliphatic rings. The summed E-state index contributed by atoms with van der Waals surface area (Å²) >= 11 is 5.69. The molecule has 2 atom stereocenters. The van der Waals surface area contributed by atoms with Gasteiger partial charge in [-0.3, -0.25) is 9.69 Å². The lowest BCUT2D eigenvalue weighted by Crippen LogP contribution is -2.48. The molecule has 0 spiro atoms. The van der Waals surface area contributed by atoms with Gasteiger partial charge in [-0.2, -0.15) is 17.9 Å². The first-order chi connectivity index (χ1) is 17.9. The molecule has 12 heteroatoms. The van der Waals surface area contributed by atoms with E-state index in [-0.39, 0.29) is 5.02 Å². The Morgan fingerprint density at radius 2 is 1.82 bits per heavy atom. The molecule has 1 heterocycles. The number of nitrogens with zero attached hydrogens (tertiary/aromatic N) is 1. The van der Waals surface area contributed by atoms with Crippen molar-refractivity contribution in [2.45, 2.75) is 74.6 Å². The highest BCUT2D eigenvalue weighted by atomic mass is 35.5. The van der Waals surface area contributed by atoms with E-state index in [1.54, 1.807) is 0 Å². The van der Waals surface area contributed by atoms with Crippen molar-refractivity contribution in [3.05, 3.63) is 63.9 Å². The zero-order valence-electron chi connectivity index (χ0n) is 20.7. The van der Waals surface area contributed by atoms with Crippen molar-refractivity contribution in [1.29, 1.82) is 0 Å². The first-order valence-corrected chi connectivity index (χ1v) is 14.5. The molecular weight excluding hydrogens is 546 g/mol. The van der Waals surface area contributed by atoms with Gasteiger partial charge in [0.25, 0.3) is 0 Å². The minimum Gasteiger partial charge on any atom is -0.349 e. The topological polar surface area (TPSA) is 78.5 Å². The summed E-state index contributed by atoms with van der Waals surface area (Å²) in [7, 11) is -4.95. The highest BCUT2D eigenvalue weighted by molar-refractivity contribution is 7.89. The summed E-state index contributed by atoms with van der Waals surface area (Å²) < 4.78 is 81.7. The van der Waals surface area contributed by atoms with E-state index >= 15 is 0 Å². The molecule has 2 aromatic carbocycles. The highest BCUT2D eigenvalue weighted by Crippen LogP contribution is 2.32.